The van der Waals surface area contributed by atoms with E-state index in [2.05, 4.69) is 0 Å². The Bertz CT molecular complexity index is 853. The first-order chi connectivity index (χ1) is 12.8. The minimum Gasteiger partial charge on any atom is -0.444 e. The molecule has 1 aromatic rings. The number of sulfone groups is 1. The molecular weight excluding hydrogens is 398 g/mol. The Balaban J connectivity index is 2.16. The standard InChI is InChI=1S/C17H22F2N2O6S/c1-16(14(22)20-24,28(3,25)26)9-13-10-21(15(23)27-13)12-6-4-11(5-7-12)8-17(2,18)19/h4-7,13,24H,8-10H2,1-3H3,(H,20,22). The van der Waals surface area contributed by atoms with Crippen molar-refractivity contribution in [2.45, 2.75) is 43.5 Å². The predicted molar refractivity (Wildman–Crippen MR) is 96.2 cm³/mol. The number of hydrogen-bond acceptors (Lipinski definition) is 6. The molecule has 2 rings (SSSR count). The van der Waals surface area contributed by atoms with E-state index in [1.54, 1.807) is 0 Å². The van der Waals surface area contributed by atoms with E-state index in [-0.39, 0.29) is 13.0 Å². The number of anilines is 1. The average molecular weight is 420 g/mol. The van der Waals surface area contributed by atoms with Crippen LogP contribution in [-0.4, -0.2) is 55.2 Å². The van der Waals surface area contributed by atoms with Gasteiger partial charge in [0, 0.05) is 24.8 Å². The van der Waals surface area contributed by atoms with E-state index >= 15 is 0 Å². The number of nitrogens with one attached hydrogen (secondary N) is 1. The lowest BCUT2D eigenvalue weighted by Crippen LogP contribution is -2.51. The van der Waals surface area contributed by atoms with Gasteiger partial charge in [0.1, 0.15) is 6.10 Å². The van der Waals surface area contributed by atoms with Crippen molar-refractivity contribution in [1.82, 2.24) is 5.48 Å². The van der Waals surface area contributed by atoms with Crippen LogP contribution in [0.1, 0.15) is 25.8 Å². The highest BCUT2D eigenvalue weighted by atomic mass is 32.2. The van der Waals surface area contributed by atoms with Gasteiger partial charge in [-0.2, -0.15) is 0 Å². The van der Waals surface area contributed by atoms with Gasteiger partial charge in [-0.15, -0.1) is 0 Å². The van der Waals surface area contributed by atoms with Crippen LogP contribution in [0.3, 0.4) is 0 Å². The van der Waals surface area contributed by atoms with Crippen LogP contribution in [0.15, 0.2) is 24.3 Å². The monoisotopic (exact) mass is 420 g/mol. The smallest absolute Gasteiger partial charge is 0.414 e. The van der Waals surface area contributed by atoms with Crippen LogP contribution in [-0.2, 0) is 25.8 Å². The number of carbonyl (C=O) groups is 2. The molecule has 2 amide bonds. The molecule has 2 unspecified atom stereocenters. The molecule has 1 aliphatic heterocycles. The molecule has 1 saturated heterocycles. The van der Waals surface area contributed by atoms with Crippen LogP contribution >= 0.6 is 0 Å². The fourth-order valence-corrected chi connectivity index (χ4v) is 3.83. The summed E-state index contributed by atoms with van der Waals surface area (Å²) in [5.74, 6) is -3.99. The summed E-state index contributed by atoms with van der Waals surface area (Å²) in [6.45, 7) is 1.90. The number of alkyl halides is 2. The van der Waals surface area contributed by atoms with Gasteiger partial charge >= 0.3 is 6.09 Å². The Labute approximate surface area is 161 Å². The largest absolute Gasteiger partial charge is 0.444 e. The molecule has 2 atom stereocenters. The van der Waals surface area contributed by atoms with Crippen molar-refractivity contribution < 1.29 is 36.7 Å². The highest BCUT2D eigenvalue weighted by Gasteiger charge is 2.48. The average Bonchev–Trinajstić information content (AvgIpc) is 2.92. The Morgan fingerprint density at radius 1 is 1.32 bits per heavy atom. The maximum atomic E-state index is 13.1. The molecule has 1 fully saturated rings. The van der Waals surface area contributed by atoms with Crippen molar-refractivity contribution in [3.8, 4) is 0 Å². The zero-order chi connectivity index (χ0) is 21.3. The van der Waals surface area contributed by atoms with Crippen molar-refractivity contribution in [2.24, 2.45) is 0 Å². The lowest BCUT2D eigenvalue weighted by molar-refractivity contribution is -0.132. The van der Waals surface area contributed by atoms with E-state index in [1.807, 2.05) is 0 Å². The van der Waals surface area contributed by atoms with E-state index in [0.29, 0.717) is 11.3 Å². The maximum absolute atomic E-state index is 13.1. The van der Waals surface area contributed by atoms with E-state index in [9.17, 15) is 26.8 Å². The molecule has 0 bridgehead atoms. The molecule has 11 heteroatoms. The van der Waals surface area contributed by atoms with Crippen molar-refractivity contribution in [3.63, 3.8) is 0 Å². The second-order valence-electron chi connectivity index (χ2n) is 7.18. The number of amides is 2. The number of nitrogens with zero attached hydrogens (tertiary/aromatic N) is 1. The van der Waals surface area contributed by atoms with Crippen LogP contribution in [0.5, 0.6) is 0 Å². The molecule has 0 aromatic heterocycles. The number of benzene rings is 1. The second kappa shape index (κ2) is 7.63. The molecular formula is C17H22F2N2O6S. The molecule has 2 N–H and O–H groups in total. The van der Waals surface area contributed by atoms with Crippen LogP contribution in [0, 0.1) is 0 Å². The quantitative estimate of drug-likeness (QED) is 0.515. The van der Waals surface area contributed by atoms with Gasteiger partial charge in [0.15, 0.2) is 14.6 Å². The number of hydrogen-bond donors (Lipinski definition) is 2. The number of rotatable bonds is 7. The minimum absolute atomic E-state index is 0.0358. The molecule has 1 aliphatic rings. The summed E-state index contributed by atoms with van der Waals surface area (Å²) in [6, 6.07) is 5.90. The molecule has 0 radical (unpaired) electrons. The molecule has 0 saturated carbocycles. The third kappa shape index (κ3) is 4.76. The van der Waals surface area contributed by atoms with Crippen LogP contribution < -0.4 is 10.4 Å². The van der Waals surface area contributed by atoms with Crippen LogP contribution in [0.4, 0.5) is 19.3 Å². The lowest BCUT2D eigenvalue weighted by atomic mass is 10.0. The molecule has 1 heterocycles. The third-order valence-electron chi connectivity index (χ3n) is 4.65. The van der Waals surface area contributed by atoms with Crippen LogP contribution in [0.2, 0.25) is 0 Å². The fourth-order valence-electron chi connectivity index (χ4n) is 2.96. The normalized spacial score (nSPS) is 19.9. The molecule has 28 heavy (non-hydrogen) atoms. The predicted octanol–water partition coefficient (Wildman–Crippen LogP) is 1.91. The van der Waals surface area contributed by atoms with Gasteiger partial charge in [0.2, 0.25) is 5.92 Å². The highest BCUT2D eigenvalue weighted by molar-refractivity contribution is 7.92. The van der Waals surface area contributed by atoms with Crippen molar-refractivity contribution in [1.29, 1.82) is 0 Å². The topological polar surface area (TPSA) is 113 Å². The van der Waals surface area contributed by atoms with Crippen LogP contribution in [0.25, 0.3) is 0 Å². The number of ether oxygens (including phenoxy) is 1. The van der Waals surface area contributed by atoms with E-state index in [1.165, 1.54) is 34.6 Å². The highest BCUT2D eigenvalue weighted by Crippen LogP contribution is 2.30. The first-order valence-electron chi connectivity index (χ1n) is 8.36. The summed E-state index contributed by atoms with van der Waals surface area (Å²) in [5.41, 5.74) is 2.12. The summed E-state index contributed by atoms with van der Waals surface area (Å²) in [7, 11) is -3.94. The number of carbonyl (C=O) groups excluding carboxylic acids is 2. The molecule has 0 spiro atoms. The van der Waals surface area contributed by atoms with Gasteiger partial charge in [-0.25, -0.2) is 27.5 Å². The second-order valence-corrected chi connectivity index (χ2v) is 9.62. The first-order valence-corrected chi connectivity index (χ1v) is 10.2. The maximum Gasteiger partial charge on any atom is 0.414 e. The molecule has 1 aromatic carbocycles. The van der Waals surface area contributed by atoms with Gasteiger partial charge in [0.25, 0.3) is 5.91 Å². The van der Waals surface area contributed by atoms with Crippen molar-refractivity contribution in [2.75, 3.05) is 17.7 Å². The number of cyclic esters (lactones) is 1. The van der Waals surface area contributed by atoms with Crippen molar-refractivity contribution in [3.05, 3.63) is 29.8 Å². The van der Waals surface area contributed by atoms with Crippen molar-refractivity contribution >= 4 is 27.5 Å². The Morgan fingerprint density at radius 2 is 1.89 bits per heavy atom. The Kier molecular flexibility index (Phi) is 6.00. The third-order valence-corrected chi connectivity index (χ3v) is 6.64. The number of hydroxylamine groups is 1. The summed E-state index contributed by atoms with van der Waals surface area (Å²) < 4.78 is 53.4. The van der Waals surface area contributed by atoms with E-state index in [0.717, 1.165) is 20.1 Å². The molecule has 156 valence electrons. The SMILES string of the molecule is CC(F)(F)Cc1ccc(N2CC(CC(C)(C(=O)NO)S(C)(=O)=O)OC2=O)cc1. The summed E-state index contributed by atoms with van der Waals surface area (Å²) in [5, 5.41) is 8.86. The van der Waals surface area contributed by atoms with E-state index in [4.69, 9.17) is 9.94 Å². The summed E-state index contributed by atoms with van der Waals surface area (Å²) in [6.07, 6.45) is -1.63. The van der Waals surface area contributed by atoms with Gasteiger partial charge in [-0.3, -0.25) is 14.9 Å². The zero-order valence-corrected chi connectivity index (χ0v) is 16.4. The minimum atomic E-state index is -3.94. The Morgan fingerprint density at radius 3 is 2.36 bits per heavy atom. The first kappa shape index (κ1) is 22.0. The zero-order valence-electron chi connectivity index (χ0n) is 15.6. The summed E-state index contributed by atoms with van der Waals surface area (Å²) >= 11 is 0. The summed E-state index contributed by atoms with van der Waals surface area (Å²) in [4.78, 5) is 25.3. The van der Waals surface area contributed by atoms with Gasteiger partial charge in [-0.1, -0.05) is 12.1 Å². The fraction of sp³-hybridized carbons (Fsp3) is 0.529. The van der Waals surface area contributed by atoms with E-state index < -0.39 is 45.0 Å². The Hall–Kier alpha value is -2.27. The van der Waals surface area contributed by atoms with Gasteiger partial charge in [-0.05, 0) is 31.5 Å². The molecule has 0 aliphatic carbocycles. The molecule has 8 nitrogen and oxygen atoms in total. The number of halogens is 2. The van der Waals surface area contributed by atoms with Gasteiger partial charge in [0.05, 0.1) is 6.54 Å². The lowest BCUT2D eigenvalue weighted by Gasteiger charge is -2.26. The van der Waals surface area contributed by atoms with Gasteiger partial charge < -0.3 is 4.74 Å².